The van der Waals surface area contributed by atoms with Crippen molar-refractivity contribution in [3.8, 4) is 0 Å². The Bertz CT molecular complexity index is 718. The molecule has 0 atom stereocenters. The number of para-hydroxylation sites is 2. The molecule has 0 aliphatic rings. The highest BCUT2D eigenvalue weighted by atomic mass is 79.9. The van der Waals surface area contributed by atoms with Crippen molar-refractivity contribution in [1.82, 2.24) is 9.55 Å². The van der Waals surface area contributed by atoms with Crippen LogP contribution in [0.3, 0.4) is 0 Å². The Labute approximate surface area is 120 Å². The normalized spacial score (nSPS) is 10.8. The molecule has 0 bridgehead atoms. The molecule has 0 aliphatic carbocycles. The molecular weight excluding hydrogens is 302 g/mol. The van der Waals surface area contributed by atoms with E-state index < -0.39 is 0 Å². The lowest BCUT2D eigenvalue weighted by Crippen LogP contribution is -2.05. The van der Waals surface area contributed by atoms with Crippen LogP contribution in [0, 0.1) is 0 Å². The minimum Gasteiger partial charge on any atom is -0.378 e. The Kier molecular flexibility index (Phi) is 3.25. The molecule has 1 heterocycles. The van der Waals surface area contributed by atoms with E-state index in [4.69, 9.17) is 0 Å². The quantitative estimate of drug-likeness (QED) is 0.793. The summed E-state index contributed by atoms with van der Waals surface area (Å²) in [4.78, 5) is 4.64. The van der Waals surface area contributed by atoms with Gasteiger partial charge in [0.15, 0.2) is 0 Å². The Morgan fingerprint density at radius 2 is 2.00 bits per heavy atom. The van der Waals surface area contributed by atoms with Crippen molar-refractivity contribution in [2.45, 2.75) is 6.54 Å². The zero-order valence-corrected chi connectivity index (χ0v) is 12.2. The third-order valence-electron chi connectivity index (χ3n) is 3.16. The molecule has 0 aliphatic heterocycles. The molecule has 2 aromatic carbocycles. The second kappa shape index (κ2) is 5.05. The van der Waals surface area contributed by atoms with E-state index in [1.807, 2.05) is 43.4 Å². The average molecular weight is 316 g/mol. The number of imidazole rings is 1. The topological polar surface area (TPSA) is 29.9 Å². The van der Waals surface area contributed by atoms with Crippen LogP contribution in [0.25, 0.3) is 11.0 Å². The van der Waals surface area contributed by atoms with Gasteiger partial charge in [-0.3, -0.25) is 0 Å². The first-order valence-electron chi connectivity index (χ1n) is 6.14. The fraction of sp³-hybridized carbons (Fsp3) is 0.133. The molecule has 96 valence electrons. The summed E-state index contributed by atoms with van der Waals surface area (Å²) in [7, 11) is 2.05. The van der Waals surface area contributed by atoms with Crippen molar-refractivity contribution in [2.75, 3.05) is 5.32 Å². The standard InChI is InChI=1S/C15H14BrN3/c1-19-14-8-3-2-7-13(14)18-15(19)10-17-12-6-4-5-11(16)9-12/h2-9,17H,10H2,1H3. The number of aryl methyl sites for hydroxylation is 1. The Hall–Kier alpha value is -1.81. The molecule has 19 heavy (non-hydrogen) atoms. The van der Waals surface area contributed by atoms with Gasteiger partial charge in [-0.05, 0) is 30.3 Å². The van der Waals surface area contributed by atoms with Crippen LogP contribution < -0.4 is 5.32 Å². The monoisotopic (exact) mass is 315 g/mol. The summed E-state index contributed by atoms with van der Waals surface area (Å²) >= 11 is 3.47. The molecule has 0 fully saturated rings. The summed E-state index contributed by atoms with van der Waals surface area (Å²) in [5, 5.41) is 3.39. The van der Waals surface area contributed by atoms with Gasteiger partial charge < -0.3 is 9.88 Å². The van der Waals surface area contributed by atoms with Crippen LogP contribution in [-0.4, -0.2) is 9.55 Å². The largest absolute Gasteiger partial charge is 0.378 e. The molecular formula is C15H14BrN3. The number of anilines is 1. The Morgan fingerprint density at radius 3 is 2.79 bits per heavy atom. The summed E-state index contributed by atoms with van der Waals surface area (Å²) < 4.78 is 3.20. The van der Waals surface area contributed by atoms with E-state index in [0.29, 0.717) is 6.54 Å². The highest BCUT2D eigenvalue weighted by molar-refractivity contribution is 9.10. The number of nitrogens with zero attached hydrogens (tertiary/aromatic N) is 2. The predicted molar refractivity (Wildman–Crippen MR) is 82.2 cm³/mol. The van der Waals surface area contributed by atoms with Gasteiger partial charge in [0.1, 0.15) is 5.82 Å². The number of benzene rings is 2. The Morgan fingerprint density at radius 1 is 1.16 bits per heavy atom. The van der Waals surface area contributed by atoms with Gasteiger partial charge in [0.2, 0.25) is 0 Å². The van der Waals surface area contributed by atoms with E-state index in [9.17, 15) is 0 Å². The third-order valence-corrected chi connectivity index (χ3v) is 3.65. The van der Waals surface area contributed by atoms with E-state index in [2.05, 4.69) is 42.9 Å². The van der Waals surface area contributed by atoms with Crippen LogP contribution in [0.1, 0.15) is 5.82 Å². The van der Waals surface area contributed by atoms with Gasteiger partial charge in [-0.1, -0.05) is 34.1 Å². The highest BCUT2D eigenvalue weighted by Gasteiger charge is 2.06. The summed E-state index contributed by atoms with van der Waals surface area (Å²) in [6.07, 6.45) is 0. The lowest BCUT2D eigenvalue weighted by molar-refractivity contribution is 0.834. The highest BCUT2D eigenvalue weighted by Crippen LogP contribution is 2.18. The van der Waals surface area contributed by atoms with Crippen molar-refractivity contribution >= 4 is 32.7 Å². The van der Waals surface area contributed by atoms with Crippen LogP contribution in [0.15, 0.2) is 53.0 Å². The third kappa shape index (κ3) is 2.49. The fourth-order valence-corrected chi connectivity index (χ4v) is 2.53. The first kappa shape index (κ1) is 12.2. The van der Waals surface area contributed by atoms with Crippen LogP contribution in [0.5, 0.6) is 0 Å². The van der Waals surface area contributed by atoms with Crippen molar-refractivity contribution in [3.63, 3.8) is 0 Å². The van der Waals surface area contributed by atoms with Gasteiger partial charge in [-0.2, -0.15) is 0 Å². The van der Waals surface area contributed by atoms with Gasteiger partial charge in [0, 0.05) is 17.2 Å². The van der Waals surface area contributed by atoms with E-state index in [1.54, 1.807) is 0 Å². The van der Waals surface area contributed by atoms with Crippen molar-refractivity contribution in [3.05, 3.63) is 58.8 Å². The number of hydrogen-bond acceptors (Lipinski definition) is 2. The maximum Gasteiger partial charge on any atom is 0.128 e. The zero-order chi connectivity index (χ0) is 13.2. The number of nitrogens with one attached hydrogen (secondary N) is 1. The number of hydrogen-bond donors (Lipinski definition) is 1. The van der Waals surface area contributed by atoms with Gasteiger partial charge in [0.05, 0.1) is 17.6 Å². The van der Waals surface area contributed by atoms with Crippen molar-refractivity contribution in [1.29, 1.82) is 0 Å². The van der Waals surface area contributed by atoms with Crippen LogP contribution in [0.4, 0.5) is 5.69 Å². The second-order valence-electron chi connectivity index (χ2n) is 4.44. The maximum atomic E-state index is 4.64. The molecule has 0 amide bonds. The summed E-state index contributed by atoms with van der Waals surface area (Å²) in [6.45, 7) is 0.710. The molecule has 0 saturated heterocycles. The molecule has 0 spiro atoms. The number of aromatic nitrogens is 2. The molecule has 3 aromatic rings. The van der Waals surface area contributed by atoms with Gasteiger partial charge in [0.25, 0.3) is 0 Å². The summed E-state index contributed by atoms with van der Waals surface area (Å²) in [5.41, 5.74) is 3.28. The minimum atomic E-state index is 0.710. The number of rotatable bonds is 3. The van der Waals surface area contributed by atoms with E-state index in [-0.39, 0.29) is 0 Å². The lowest BCUT2D eigenvalue weighted by atomic mass is 10.3. The minimum absolute atomic E-state index is 0.710. The van der Waals surface area contributed by atoms with Crippen LogP contribution >= 0.6 is 15.9 Å². The van der Waals surface area contributed by atoms with E-state index >= 15 is 0 Å². The molecule has 3 rings (SSSR count). The van der Waals surface area contributed by atoms with Gasteiger partial charge >= 0.3 is 0 Å². The first-order valence-corrected chi connectivity index (χ1v) is 6.93. The first-order chi connectivity index (χ1) is 9.24. The predicted octanol–water partition coefficient (Wildman–Crippen LogP) is 3.95. The molecule has 0 saturated carbocycles. The van der Waals surface area contributed by atoms with E-state index in [0.717, 1.165) is 27.0 Å². The molecule has 4 heteroatoms. The smallest absolute Gasteiger partial charge is 0.128 e. The molecule has 1 aromatic heterocycles. The SMILES string of the molecule is Cn1c(CNc2cccc(Br)c2)nc2ccccc21. The number of halogens is 1. The molecule has 0 radical (unpaired) electrons. The number of fused-ring (bicyclic) bond motifs is 1. The van der Waals surface area contributed by atoms with Crippen molar-refractivity contribution in [2.24, 2.45) is 7.05 Å². The van der Waals surface area contributed by atoms with Crippen LogP contribution in [-0.2, 0) is 13.6 Å². The van der Waals surface area contributed by atoms with Crippen molar-refractivity contribution < 1.29 is 0 Å². The van der Waals surface area contributed by atoms with Gasteiger partial charge in [-0.25, -0.2) is 4.98 Å². The lowest BCUT2D eigenvalue weighted by Gasteiger charge is -2.06. The second-order valence-corrected chi connectivity index (χ2v) is 5.36. The maximum absolute atomic E-state index is 4.64. The molecule has 1 N–H and O–H groups in total. The summed E-state index contributed by atoms with van der Waals surface area (Å²) in [6, 6.07) is 16.3. The Balaban J connectivity index is 1.84. The fourth-order valence-electron chi connectivity index (χ4n) is 2.13. The van der Waals surface area contributed by atoms with E-state index in [1.165, 1.54) is 0 Å². The van der Waals surface area contributed by atoms with Gasteiger partial charge in [-0.15, -0.1) is 0 Å². The average Bonchev–Trinajstić information content (AvgIpc) is 2.74. The molecule has 0 unspecified atom stereocenters. The zero-order valence-electron chi connectivity index (χ0n) is 10.6. The van der Waals surface area contributed by atoms with Crippen LogP contribution in [0.2, 0.25) is 0 Å². The summed E-state index contributed by atoms with van der Waals surface area (Å²) in [5.74, 6) is 1.03. The molecule has 3 nitrogen and oxygen atoms in total.